The summed E-state index contributed by atoms with van der Waals surface area (Å²) >= 11 is 0. The molecule has 0 aromatic heterocycles. The maximum Gasteiger partial charge on any atom is 0.227 e. The van der Waals surface area contributed by atoms with E-state index >= 15 is 0 Å². The van der Waals surface area contributed by atoms with Gasteiger partial charge < -0.3 is 5.32 Å². The molecule has 0 aliphatic heterocycles. The molecule has 1 amide bonds. The normalized spacial score (nSPS) is 23.1. The van der Waals surface area contributed by atoms with E-state index in [0.29, 0.717) is 19.3 Å². The van der Waals surface area contributed by atoms with Crippen molar-refractivity contribution in [3.05, 3.63) is 29.3 Å². The Kier molecular flexibility index (Phi) is 5.96. The van der Waals surface area contributed by atoms with Gasteiger partial charge in [-0.3, -0.25) is 4.79 Å². The first kappa shape index (κ1) is 20.3. The molecule has 0 saturated heterocycles. The van der Waals surface area contributed by atoms with Crippen LogP contribution in [-0.2, 0) is 27.7 Å². The van der Waals surface area contributed by atoms with Gasteiger partial charge in [-0.1, -0.05) is 13.0 Å². The van der Waals surface area contributed by atoms with Gasteiger partial charge in [0.1, 0.15) is 0 Å². The molecule has 0 bridgehead atoms. The van der Waals surface area contributed by atoms with Crippen molar-refractivity contribution in [2.75, 3.05) is 5.32 Å². The van der Waals surface area contributed by atoms with Gasteiger partial charge in [-0.05, 0) is 88.5 Å². The molecule has 1 fully saturated rings. The number of rotatable bonds is 6. The maximum absolute atomic E-state index is 12.6. The topological polar surface area (TPSA) is 75.3 Å². The van der Waals surface area contributed by atoms with Crippen LogP contribution in [0.2, 0.25) is 0 Å². The van der Waals surface area contributed by atoms with Crippen LogP contribution >= 0.6 is 0 Å². The Morgan fingerprint density at radius 3 is 2.44 bits per heavy atom. The fourth-order valence-electron chi connectivity index (χ4n) is 3.94. The van der Waals surface area contributed by atoms with Gasteiger partial charge in [0.2, 0.25) is 15.9 Å². The molecule has 0 spiro atoms. The van der Waals surface area contributed by atoms with Crippen molar-refractivity contribution in [1.29, 1.82) is 0 Å². The van der Waals surface area contributed by atoms with E-state index in [4.69, 9.17) is 0 Å². The molecule has 2 N–H and O–H groups in total. The molecule has 150 valence electrons. The minimum Gasteiger partial charge on any atom is -0.326 e. The lowest BCUT2D eigenvalue weighted by molar-refractivity contribution is -0.120. The van der Waals surface area contributed by atoms with Gasteiger partial charge in [0.05, 0.1) is 4.75 Å². The largest absolute Gasteiger partial charge is 0.326 e. The summed E-state index contributed by atoms with van der Waals surface area (Å²) in [6.45, 7) is 5.40. The molecule has 5 nitrogen and oxygen atoms in total. The Morgan fingerprint density at radius 2 is 1.78 bits per heavy atom. The second-order valence-corrected chi connectivity index (χ2v) is 11.0. The molecular weight excluding hydrogens is 360 g/mol. The summed E-state index contributed by atoms with van der Waals surface area (Å²) in [6.07, 6.45) is 6.86. The van der Waals surface area contributed by atoms with E-state index in [2.05, 4.69) is 22.2 Å². The van der Waals surface area contributed by atoms with E-state index in [1.165, 1.54) is 17.5 Å². The van der Waals surface area contributed by atoms with Crippen molar-refractivity contribution in [2.45, 2.75) is 82.9 Å². The Balaban J connectivity index is 1.52. The number of fused-ring (bicyclic) bond motifs is 1. The molecule has 0 radical (unpaired) electrons. The van der Waals surface area contributed by atoms with Gasteiger partial charge in [0.25, 0.3) is 0 Å². The van der Waals surface area contributed by atoms with Crippen molar-refractivity contribution in [3.63, 3.8) is 0 Å². The second kappa shape index (κ2) is 7.92. The predicted molar refractivity (Wildman–Crippen MR) is 109 cm³/mol. The molecule has 3 rings (SSSR count). The third-order valence-electron chi connectivity index (χ3n) is 6.36. The average molecular weight is 393 g/mol. The van der Waals surface area contributed by atoms with Crippen molar-refractivity contribution in [1.82, 2.24) is 4.72 Å². The van der Waals surface area contributed by atoms with E-state index in [9.17, 15) is 13.2 Å². The third-order valence-corrected chi connectivity index (χ3v) is 8.75. The molecule has 1 aromatic carbocycles. The number of carbonyl (C=O) groups is 1. The molecule has 2 aliphatic carbocycles. The van der Waals surface area contributed by atoms with Gasteiger partial charge in [0, 0.05) is 17.6 Å². The first-order chi connectivity index (χ1) is 12.7. The van der Waals surface area contributed by atoms with Crippen LogP contribution in [-0.4, -0.2) is 25.1 Å². The van der Waals surface area contributed by atoms with E-state index in [1.54, 1.807) is 13.8 Å². The maximum atomic E-state index is 12.6. The van der Waals surface area contributed by atoms with Crippen LogP contribution in [0.25, 0.3) is 0 Å². The zero-order valence-electron chi connectivity index (χ0n) is 16.7. The highest BCUT2D eigenvalue weighted by molar-refractivity contribution is 7.90. The van der Waals surface area contributed by atoms with Gasteiger partial charge >= 0.3 is 0 Å². The molecule has 0 unspecified atom stereocenters. The average Bonchev–Trinajstić information content (AvgIpc) is 3.09. The van der Waals surface area contributed by atoms with Crippen molar-refractivity contribution in [2.24, 2.45) is 5.92 Å². The summed E-state index contributed by atoms with van der Waals surface area (Å²) in [5.41, 5.74) is 3.63. The monoisotopic (exact) mass is 392 g/mol. The number of hydrogen-bond donors (Lipinski definition) is 2. The summed E-state index contributed by atoms with van der Waals surface area (Å²) in [5, 5.41) is 3.06. The third kappa shape index (κ3) is 4.54. The molecule has 0 heterocycles. The van der Waals surface area contributed by atoms with Crippen LogP contribution in [0.5, 0.6) is 0 Å². The molecule has 2 aliphatic rings. The Hall–Kier alpha value is -1.40. The lowest BCUT2D eigenvalue weighted by atomic mass is 9.86. The van der Waals surface area contributed by atoms with Crippen LogP contribution in [0.15, 0.2) is 18.2 Å². The number of amides is 1. The van der Waals surface area contributed by atoms with Crippen LogP contribution in [0, 0.1) is 5.92 Å². The van der Waals surface area contributed by atoms with E-state index in [-0.39, 0.29) is 17.9 Å². The first-order valence-corrected chi connectivity index (χ1v) is 11.6. The van der Waals surface area contributed by atoms with Gasteiger partial charge in [-0.25, -0.2) is 13.1 Å². The number of aryl methyl sites for hydroxylation is 2. The van der Waals surface area contributed by atoms with E-state index in [0.717, 1.165) is 31.4 Å². The molecular formula is C21H32N2O3S. The molecule has 6 heteroatoms. The number of carbonyl (C=O) groups excluding carboxylic acids is 1. The number of sulfonamides is 1. The Labute approximate surface area is 163 Å². The van der Waals surface area contributed by atoms with Crippen LogP contribution in [0.4, 0.5) is 5.69 Å². The minimum absolute atomic E-state index is 0.0433. The highest BCUT2D eigenvalue weighted by atomic mass is 32.2. The Morgan fingerprint density at radius 1 is 1.11 bits per heavy atom. The highest BCUT2D eigenvalue weighted by Gasteiger charge is 2.36. The molecule has 0 atom stereocenters. The summed E-state index contributed by atoms with van der Waals surface area (Å²) in [4.78, 5) is 12.6. The number of benzene rings is 1. The highest BCUT2D eigenvalue weighted by Crippen LogP contribution is 2.29. The first-order valence-electron chi connectivity index (χ1n) is 10.2. The standard InChI is InChI=1S/C21H32N2O3S/c1-4-21(2,3)27(25,26)23-18-11-9-16(10-12-18)20(24)22-19-13-8-15-6-5-7-17(15)14-19/h8,13-14,16,18,23H,4-7,9-12H2,1-3H3,(H,22,24)/t16-,18-. The lowest BCUT2D eigenvalue weighted by Gasteiger charge is -2.31. The van der Waals surface area contributed by atoms with E-state index in [1.807, 2.05) is 13.0 Å². The van der Waals surface area contributed by atoms with Crippen molar-refractivity contribution in [3.8, 4) is 0 Å². The number of hydrogen-bond acceptors (Lipinski definition) is 3. The summed E-state index contributed by atoms with van der Waals surface area (Å²) in [7, 11) is -3.35. The van der Waals surface area contributed by atoms with Gasteiger partial charge in [0.15, 0.2) is 0 Å². The second-order valence-electron chi connectivity index (χ2n) is 8.61. The minimum atomic E-state index is -3.35. The molecule has 1 saturated carbocycles. The smallest absolute Gasteiger partial charge is 0.227 e. The van der Waals surface area contributed by atoms with Crippen LogP contribution in [0.1, 0.15) is 70.4 Å². The summed E-state index contributed by atoms with van der Waals surface area (Å²) < 4.78 is 27.1. The fraction of sp³-hybridized carbons (Fsp3) is 0.667. The zero-order valence-corrected chi connectivity index (χ0v) is 17.5. The van der Waals surface area contributed by atoms with Gasteiger partial charge in [-0.15, -0.1) is 0 Å². The lowest BCUT2D eigenvalue weighted by Crippen LogP contribution is -2.47. The van der Waals surface area contributed by atoms with Crippen LogP contribution < -0.4 is 10.0 Å². The summed E-state index contributed by atoms with van der Waals surface area (Å²) in [5.74, 6) is 0.0151. The van der Waals surface area contributed by atoms with Crippen molar-refractivity contribution < 1.29 is 13.2 Å². The SMILES string of the molecule is CCC(C)(C)S(=O)(=O)N[C@H]1CC[C@H](C(=O)Nc2ccc3c(c2)CCC3)CC1. The van der Waals surface area contributed by atoms with Crippen LogP contribution in [0.3, 0.4) is 0 Å². The van der Waals surface area contributed by atoms with Crippen molar-refractivity contribution >= 4 is 21.6 Å². The molecule has 1 aromatic rings. The zero-order chi connectivity index (χ0) is 19.7. The Bertz CT molecular complexity index is 794. The quantitative estimate of drug-likeness (QED) is 0.773. The number of nitrogens with one attached hydrogen (secondary N) is 2. The fourth-order valence-corrected chi connectivity index (χ4v) is 5.31. The summed E-state index contributed by atoms with van der Waals surface area (Å²) in [6, 6.07) is 6.16. The van der Waals surface area contributed by atoms with Gasteiger partial charge in [-0.2, -0.15) is 0 Å². The number of anilines is 1. The predicted octanol–water partition coefficient (Wildman–Crippen LogP) is 3.78. The van der Waals surface area contributed by atoms with E-state index < -0.39 is 14.8 Å². The molecule has 27 heavy (non-hydrogen) atoms.